The average molecular weight is 434 g/mol. The van der Waals surface area contributed by atoms with Crippen LogP contribution in [0.4, 0.5) is 0 Å². The Morgan fingerprint density at radius 3 is 2.59 bits per heavy atom. The van der Waals surface area contributed by atoms with Crippen LogP contribution in [-0.4, -0.2) is 64.4 Å². The summed E-state index contributed by atoms with van der Waals surface area (Å²) in [6.07, 6.45) is 9.84. The van der Waals surface area contributed by atoms with Gasteiger partial charge in [-0.05, 0) is 36.5 Å². The molecule has 0 aromatic heterocycles. The predicted octanol–water partition coefficient (Wildman–Crippen LogP) is 1.78. The molecule has 3 N–H and O–H groups in total. The van der Waals surface area contributed by atoms with Crippen molar-refractivity contribution in [3.8, 4) is 11.8 Å². The lowest BCUT2D eigenvalue weighted by atomic mass is 9.98. The fraction of sp³-hybridized carbons (Fsp3) is 0.423. The van der Waals surface area contributed by atoms with Crippen molar-refractivity contribution in [1.29, 1.82) is 0 Å². The summed E-state index contributed by atoms with van der Waals surface area (Å²) in [5.74, 6) is 6.60. The highest BCUT2D eigenvalue weighted by Crippen LogP contribution is 2.21. The molecule has 0 bridgehead atoms. The summed E-state index contributed by atoms with van der Waals surface area (Å²) in [5, 5.41) is 22.6. The number of benzene rings is 1. The predicted molar refractivity (Wildman–Crippen MR) is 124 cm³/mol. The maximum absolute atomic E-state index is 12.3. The van der Waals surface area contributed by atoms with Gasteiger partial charge in [0.05, 0.1) is 0 Å². The Hall–Kier alpha value is -3.01. The molecule has 1 aromatic rings. The molecule has 3 aliphatic heterocycles. The van der Waals surface area contributed by atoms with Crippen LogP contribution in [0.25, 0.3) is 0 Å². The molecule has 1 unspecified atom stereocenters. The van der Waals surface area contributed by atoms with Gasteiger partial charge in [-0.15, -0.1) is 0 Å². The highest BCUT2D eigenvalue weighted by molar-refractivity contribution is 5.83. The van der Waals surface area contributed by atoms with Gasteiger partial charge in [-0.3, -0.25) is 4.79 Å². The van der Waals surface area contributed by atoms with E-state index in [9.17, 15) is 15.0 Å². The van der Waals surface area contributed by atoms with Crippen LogP contribution >= 0.6 is 0 Å². The third kappa shape index (κ3) is 5.42. The van der Waals surface area contributed by atoms with E-state index in [-0.39, 0.29) is 18.7 Å². The van der Waals surface area contributed by atoms with E-state index in [4.69, 9.17) is 0 Å². The number of aliphatic hydroxyl groups excluding tert-OH is 2. The number of aliphatic hydroxyl groups is 2. The van der Waals surface area contributed by atoms with E-state index in [1.165, 1.54) is 5.56 Å². The number of hydrogen-bond acceptors (Lipinski definition) is 5. The number of amides is 1. The number of dihydropyridines is 1. The van der Waals surface area contributed by atoms with Crippen molar-refractivity contribution in [2.24, 2.45) is 5.92 Å². The summed E-state index contributed by atoms with van der Waals surface area (Å²) in [6.45, 7) is 2.71. The van der Waals surface area contributed by atoms with Gasteiger partial charge in [-0.2, -0.15) is 0 Å². The van der Waals surface area contributed by atoms with Crippen LogP contribution in [0.5, 0.6) is 0 Å². The van der Waals surface area contributed by atoms with Gasteiger partial charge >= 0.3 is 0 Å². The Bertz CT molecular complexity index is 950. The number of piperidine rings is 1. The molecule has 3 heterocycles. The van der Waals surface area contributed by atoms with E-state index in [1.807, 2.05) is 42.6 Å². The minimum atomic E-state index is -0.902. The molecule has 6 heteroatoms. The summed E-state index contributed by atoms with van der Waals surface area (Å²) in [7, 11) is 0. The molecule has 168 valence electrons. The van der Waals surface area contributed by atoms with Crippen molar-refractivity contribution in [2.45, 2.75) is 38.0 Å². The molecule has 4 rings (SSSR count). The smallest absolute Gasteiger partial charge is 0.253 e. The standard InChI is InChI=1S/C26H31N3O3/c30-19-21-11-15-28(16-12-21)14-5-4-8-22-9-10-25(29-17-13-24(31)26(29)32)27-23(22)18-20-6-2-1-3-7-20/h1-3,5-7,9-10,14,21,24-25,27,30-31H,11-13,15-19H2/b14-5+/t24-,25?/m0/s1. The molecule has 0 radical (unpaired) electrons. The minimum Gasteiger partial charge on any atom is -0.396 e. The van der Waals surface area contributed by atoms with Crippen LogP contribution < -0.4 is 5.32 Å². The summed E-state index contributed by atoms with van der Waals surface area (Å²) in [4.78, 5) is 16.2. The van der Waals surface area contributed by atoms with Gasteiger partial charge < -0.3 is 25.3 Å². The first kappa shape index (κ1) is 22.2. The lowest BCUT2D eigenvalue weighted by molar-refractivity contribution is -0.135. The second-order valence-electron chi connectivity index (χ2n) is 8.59. The number of carbonyl (C=O) groups excluding carboxylic acids is 1. The number of nitrogens with zero attached hydrogens (tertiary/aromatic N) is 2. The zero-order chi connectivity index (χ0) is 22.3. The maximum Gasteiger partial charge on any atom is 0.253 e. The maximum atomic E-state index is 12.3. The topological polar surface area (TPSA) is 76.0 Å². The quantitative estimate of drug-likeness (QED) is 0.618. The molecule has 0 saturated carbocycles. The van der Waals surface area contributed by atoms with Crippen LogP contribution in [0.3, 0.4) is 0 Å². The number of nitrogens with one attached hydrogen (secondary N) is 1. The largest absolute Gasteiger partial charge is 0.396 e. The molecule has 1 amide bonds. The number of allylic oxidation sites excluding steroid dienone is 4. The highest BCUT2D eigenvalue weighted by Gasteiger charge is 2.34. The van der Waals surface area contributed by atoms with Gasteiger partial charge in [0, 0.05) is 62.6 Å². The Labute approximate surface area is 189 Å². The number of rotatable bonds is 5. The molecule has 2 atom stereocenters. The summed E-state index contributed by atoms with van der Waals surface area (Å²) in [5.41, 5.74) is 3.04. The van der Waals surface area contributed by atoms with Gasteiger partial charge in [0.25, 0.3) is 5.91 Å². The lowest BCUT2D eigenvalue weighted by Gasteiger charge is -2.31. The normalized spacial score (nSPS) is 24.1. The van der Waals surface area contributed by atoms with E-state index >= 15 is 0 Å². The highest BCUT2D eigenvalue weighted by atomic mass is 16.3. The van der Waals surface area contributed by atoms with Gasteiger partial charge in [0.2, 0.25) is 0 Å². The van der Waals surface area contributed by atoms with Gasteiger partial charge in [-0.1, -0.05) is 42.2 Å². The second kappa shape index (κ2) is 10.5. The monoisotopic (exact) mass is 433 g/mol. The Morgan fingerprint density at radius 1 is 1.12 bits per heavy atom. The van der Waals surface area contributed by atoms with Crippen LogP contribution in [0.1, 0.15) is 24.8 Å². The average Bonchev–Trinajstić information content (AvgIpc) is 3.16. The molecule has 1 aromatic carbocycles. The molecule has 0 spiro atoms. The SMILES string of the molecule is O=C1[C@@H](O)CCN1C1C=CC(C#C/C=C/N2CCC(CO)CC2)=C(Cc2ccccc2)N1. The molecule has 2 saturated heterocycles. The Kier molecular flexibility index (Phi) is 7.31. The number of hydrogen-bond donors (Lipinski definition) is 3. The number of carbonyl (C=O) groups is 1. The van der Waals surface area contributed by atoms with Crippen LogP contribution in [0, 0.1) is 17.8 Å². The van der Waals surface area contributed by atoms with Crippen molar-refractivity contribution in [3.05, 3.63) is 71.6 Å². The molecule has 2 fully saturated rings. The van der Waals surface area contributed by atoms with Crippen molar-refractivity contribution in [1.82, 2.24) is 15.1 Å². The Balaban J connectivity index is 1.47. The summed E-state index contributed by atoms with van der Waals surface area (Å²) in [6, 6.07) is 10.2. The molecule has 32 heavy (non-hydrogen) atoms. The third-order valence-electron chi connectivity index (χ3n) is 6.35. The molecule has 6 nitrogen and oxygen atoms in total. The van der Waals surface area contributed by atoms with E-state index in [0.29, 0.717) is 25.3 Å². The first-order chi connectivity index (χ1) is 15.6. The second-order valence-corrected chi connectivity index (χ2v) is 8.59. The molecule has 0 aliphatic carbocycles. The van der Waals surface area contributed by atoms with E-state index in [1.54, 1.807) is 4.90 Å². The zero-order valence-corrected chi connectivity index (χ0v) is 18.3. The van der Waals surface area contributed by atoms with Crippen LogP contribution in [-0.2, 0) is 11.2 Å². The van der Waals surface area contributed by atoms with Gasteiger partial charge in [0.15, 0.2) is 0 Å². The van der Waals surface area contributed by atoms with Crippen LogP contribution in [0.2, 0.25) is 0 Å². The van der Waals surface area contributed by atoms with E-state index in [0.717, 1.165) is 37.2 Å². The van der Waals surface area contributed by atoms with Crippen molar-refractivity contribution < 1.29 is 15.0 Å². The van der Waals surface area contributed by atoms with Crippen molar-refractivity contribution >= 4 is 5.91 Å². The molecular formula is C26H31N3O3. The van der Waals surface area contributed by atoms with Crippen molar-refractivity contribution in [2.75, 3.05) is 26.2 Å². The first-order valence-corrected chi connectivity index (χ1v) is 11.4. The van der Waals surface area contributed by atoms with E-state index < -0.39 is 6.10 Å². The summed E-state index contributed by atoms with van der Waals surface area (Å²) < 4.78 is 0. The van der Waals surface area contributed by atoms with E-state index in [2.05, 4.69) is 34.2 Å². The third-order valence-corrected chi connectivity index (χ3v) is 6.35. The van der Waals surface area contributed by atoms with Gasteiger partial charge in [-0.25, -0.2) is 0 Å². The zero-order valence-electron chi connectivity index (χ0n) is 18.3. The Morgan fingerprint density at radius 2 is 1.91 bits per heavy atom. The lowest BCUT2D eigenvalue weighted by Crippen LogP contribution is -2.47. The van der Waals surface area contributed by atoms with Gasteiger partial charge in [0.1, 0.15) is 12.3 Å². The fourth-order valence-electron chi connectivity index (χ4n) is 4.35. The number of likely N-dealkylation sites (tertiary alicyclic amines) is 2. The van der Waals surface area contributed by atoms with Crippen molar-refractivity contribution in [3.63, 3.8) is 0 Å². The van der Waals surface area contributed by atoms with Crippen LogP contribution in [0.15, 0.2) is 66.0 Å². The fourth-order valence-corrected chi connectivity index (χ4v) is 4.35. The molecule has 3 aliphatic rings. The minimum absolute atomic E-state index is 0.228. The first-order valence-electron chi connectivity index (χ1n) is 11.4. The molecular weight excluding hydrogens is 402 g/mol. The summed E-state index contributed by atoms with van der Waals surface area (Å²) >= 11 is 0.